The SMILES string of the molecule is CC(=O)c1cnc2cc(C(=O)NC(C)c3ccc4c(c3)CCC4)nn2c1C. The van der Waals surface area contributed by atoms with Crippen molar-refractivity contribution in [3.63, 3.8) is 0 Å². The highest BCUT2D eigenvalue weighted by atomic mass is 16.2. The highest BCUT2D eigenvalue weighted by molar-refractivity contribution is 5.96. The number of benzene rings is 1. The van der Waals surface area contributed by atoms with Crippen LogP contribution in [-0.2, 0) is 12.8 Å². The zero-order chi connectivity index (χ0) is 19.1. The van der Waals surface area contributed by atoms with Gasteiger partial charge in [0.2, 0.25) is 0 Å². The fourth-order valence-electron chi connectivity index (χ4n) is 3.72. The Balaban J connectivity index is 1.57. The fraction of sp³-hybridized carbons (Fsp3) is 0.333. The molecule has 4 rings (SSSR count). The quantitative estimate of drug-likeness (QED) is 0.723. The van der Waals surface area contributed by atoms with E-state index in [0.717, 1.165) is 18.4 Å². The Morgan fingerprint density at radius 3 is 2.74 bits per heavy atom. The summed E-state index contributed by atoms with van der Waals surface area (Å²) in [6.07, 6.45) is 4.99. The Kier molecular flexibility index (Phi) is 4.26. The summed E-state index contributed by atoms with van der Waals surface area (Å²) in [5.74, 6) is -0.328. The number of nitrogens with zero attached hydrogens (tertiary/aromatic N) is 3. The maximum absolute atomic E-state index is 12.7. The molecule has 27 heavy (non-hydrogen) atoms. The Labute approximate surface area is 157 Å². The number of hydrogen-bond donors (Lipinski definition) is 1. The van der Waals surface area contributed by atoms with Crippen LogP contribution in [0.1, 0.15) is 69.5 Å². The molecule has 0 saturated carbocycles. The molecule has 138 valence electrons. The van der Waals surface area contributed by atoms with Crippen molar-refractivity contribution in [3.8, 4) is 0 Å². The highest BCUT2D eigenvalue weighted by Gasteiger charge is 2.19. The van der Waals surface area contributed by atoms with Gasteiger partial charge in [0, 0.05) is 12.3 Å². The summed E-state index contributed by atoms with van der Waals surface area (Å²) in [5.41, 5.74) is 5.92. The molecule has 6 nitrogen and oxygen atoms in total. The molecule has 1 aromatic carbocycles. The Bertz CT molecular complexity index is 1070. The second-order valence-electron chi connectivity index (χ2n) is 7.19. The number of fused-ring (bicyclic) bond motifs is 2. The van der Waals surface area contributed by atoms with Crippen LogP contribution in [0.3, 0.4) is 0 Å². The van der Waals surface area contributed by atoms with E-state index in [0.29, 0.717) is 22.6 Å². The van der Waals surface area contributed by atoms with Crippen molar-refractivity contribution in [1.29, 1.82) is 0 Å². The summed E-state index contributed by atoms with van der Waals surface area (Å²) in [6, 6.07) is 7.98. The van der Waals surface area contributed by atoms with E-state index in [2.05, 4.69) is 33.6 Å². The van der Waals surface area contributed by atoms with Crippen LogP contribution in [0.5, 0.6) is 0 Å². The van der Waals surface area contributed by atoms with Gasteiger partial charge >= 0.3 is 0 Å². The number of ketones is 1. The predicted octanol–water partition coefficient (Wildman–Crippen LogP) is 3.22. The molecule has 0 saturated heterocycles. The molecule has 1 aliphatic rings. The third-order valence-electron chi connectivity index (χ3n) is 5.31. The minimum absolute atomic E-state index is 0.0753. The molecule has 0 aliphatic heterocycles. The van der Waals surface area contributed by atoms with E-state index in [1.54, 1.807) is 17.5 Å². The van der Waals surface area contributed by atoms with E-state index in [9.17, 15) is 9.59 Å². The van der Waals surface area contributed by atoms with Crippen LogP contribution in [0.25, 0.3) is 5.65 Å². The summed E-state index contributed by atoms with van der Waals surface area (Å²) in [7, 11) is 0. The third kappa shape index (κ3) is 3.12. The van der Waals surface area contributed by atoms with Gasteiger partial charge in [-0.05, 0) is 56.7 Å². The number of rotatable bonds is 4. The van der Waals surface area contributed by atoms with Gasteiger partial charge in [0.25, 0.3) is 5.91 Å². The average Bonchev–Trinajstić information content (AvgIpc) is 3.28. The lowest BCUT2D eigenvalue weighted by Gasteiger charge is -2.14. The molecule has 1 N–H and O–H groups in total. The first-order chi connectivity index (χ1) is 12.9. The number of Topliss-reactive ketones (excluding diaryl/α,β-unsaturated/α-hetero) is 1. The lowest BCUT2D eigenvalue weighted by molar-refractivity contribution is 0.0934. The summed E-state index contributed by atoms with van der Waals surface area (Å²) in [4.78, 5) is 28.6. The van der Waals surface area contributed by atoms with Crippen molar-refractivity contribution in [1.82, 2.24) is 19.9 Å². The van der Waals surface area contributed by atoms with Crippen molar-refractivity contribution in [2.45, 2.75) is 46.1 Å². The van der Waals surface area contributed by atoms with E-state index in [-0.39, 0.29) is 17.7 Å². The number of amides is 1. The monoisotopic (exact) mass is 362 g/mol. The van der Waals surface area contributed by atoms with Gasteiger partial charge in [0.1, 0.15) is 0 Å². The normalized spacial score (nSPS) is 14.2. The summed E-state index contributed by atoms with van der Waals surface area (Å²) >= 11 is 0. The minimum Gasteiger partial charge on any atom is -0.344 e. The minimum atomic E-state index is -0.253. The second kappa shape index (κ2) is 6.61. The van der Waals surface area contributed by atoms with Gasteiger partial charge in [-0.1, -0.05) is 18.2 Å². The van der Waals surface area contributed by atoms with Gasteiger partial charge in [-0.2, -0.15) is 5.10 Å². The predicted molar refractivity (Wildman–Crippen MR) is 102 cm³/mol. The molecule has 1 aliphatic carbocycles. The molecular formula is C21H22N4O2. The number of aromatic nitrogens is 3. The van der Waals surface area contributed by atoms with Gasteiger partial charge in [-0.15, -0.1) is 0 Å². The van der Waals surface area contributed by atoms with Crippen molar-refractivity contribution in [3.05, 3.63) is 64.1 Å². The van der Waals surface area contributed by atoms with E-state index >= 15 is 0 Å². The number of carbonyl (C=O) groups excluding carboxylic acids is 2. The molecule has 0 fully saturated rings. The standard InChI is InChI=1S/C21H22N4O2/c1-12(16-8-7-15-5-4-6-17(15)9-16)23-21(27)19-10-20-22-11-18(14(3)26)13(2)25(20)24-19/h7-12H,4-6H2,1-3H3,(H,23,27). The van der Waals surface area contributed by atoms with Crippen LogP contribution in [-0.4, -0.2) is 26.3 Å². The molecule has 2 aromatic heterocycles. The maximum atomic E-state index is 12.7. The lowest BCUT2D eigenvalue weighted by atomic mass is 10.0. The third-order valence-corrected chi connectivity index (χ3v) is 5.31. The maximum Gasteiger partial charge on any atom is 0.272 e. The largest absolute Gasteiger partial charge is 0.344 e. The van der Waals surface area contributed by atoms with Crippen molar-refractivity contribution >= 4 is 17.3 Å². The summed E-state index contributed by atoms with van der Waals surface area (Å²) < 4.78 is 1.55. The lowest BCUT2D eigenvalue weighted by Crippen LogP contribution is -2.27. The van der Waals surface area contributed by atoms with E-state index in [4.69, 9.17) is 0 Å². The summed E-state index contributed by atoms with van der Waals surface area (Å²) in [5, 5.41) is 7.36. The molecule has 1 unspecified atom stereocenters. The van der Waals surface area contributed by atoms with Crippen molar-refractivity contribution < 1.29 is 9.59 Å². The van der Waals surface area contributed by atoms with Crippen molar-refractivity contribution in [2.24, 2.45) is 0 Å². The number of carbonyl (C=O) groups is 2. The number of nitrogens with one attached hydrogen (secondary N) is 1. The molecule has 0 radical (unpaired) electrons. The average molecular weight is 362 g/mol. The van der Waals surface area contributed by atoms with Crippen molar-refractivity contribution in [2.75, 3.05) is 0 Å². The van der Waals surface area contributed by atoms with Crippen LogP contribution >= 0.6 is 0 Å². The molecule has 2 heterocycles. The van der Waals surface area contributed by atoms with Gasteiger partial charge < -0.3 is 5.32 Å². The van der Waals surface area contributed by atoms with Gasteiger partial charge in [-0.3, -0.25) is 9.59 Å². The highest BCUT2D eigenvalue weighted by Crippen LogP contribution is 2.25. The van der Waals surface area contributed by atoms with Crippen LogP contribution in [0.4, 0.5) is 0 Å². The first kappa shape index (κ1) is 17.4. The fourth-order valence-corrected chi connectivity index (χ4v) is 3.72. The van der Waals surface area contributed by atoms with Crippen LogP contribution < -0.4 is 5.32 Å². The zero-order valence-electron chi connectivity index (χ0n) is 15.7. The molecule has 1 amide bonds. The molecule has 1 atom stereocenters. The zero-order valence-corrected chi connectivity index (χ0v) is 15.7. The smallest absolute Gasteiger partial charge is 0.272 e. The van der Waals surface area contributed by atoms with Gasteiger partial charge in [0.05, 0.1) is 17.3 Å². The van der Waals surface area contributed by atoms with E-state index in [1.807, 2.05) is 6.92 Å². The number of aryl methyl sites for hydroxylation is 3. The van der Waals surface area contributed by atoms with Crippen LogP contribution in [0, 0.1) is 6.92 Å². The summed E-state index contributed by atoms with van der Waals surface area (Å²) in [6.45, 7) is 5.26. The Morgan fingerprint density at radius 2 is 1.96 bits per heavy atom. The van der Waals surface area contributed by atoms with Crippen LogP contribution in [0.2, 0.25) is 0 Å². The molecule has 6 heteroatoms. The second-order valence-corrected chi connectivity index (χ2v) is 7.19. The topological polar surface area (TPSA) is 76.4 Å². The van der Waals surface area contributed by atoms with Gasteiger partial charge in [0.15, 0.2) is 17.1 Å². The molecule has 0 spiro atoms. The van der Waals surface area contributed by atoms with Gasteiger partial charge in [-0.25, -0.2) is 9.50 Å². The molecule has 3 aromatic rings. The number of hydrogen-bond acceptors (Lipinski definition) is 4. The van der Waals surface area contributed by atoms with E-state index in [1.165, 1.54) is 30.7 Å². The van der Waals surface area contributed by atoms with Crippen LogP contribution in [0.15, 0.2) is 30.5 Å². The Morgan fingerprint density at radius 1 is 1.19 bits per heavy atom. The molecule has 0 bridgehead atoms. The van der Waals surface area contributed by atoms with E-state index < -0.39 is 0 Å². The Hall–Kier alpha value is -3.02. The molecular weight excluding hydrogens is 340 g/mol. The first-order valence-electron chi connectivity index (χ1n) is 9.23. The first-order valence-corrected chi connectivity index (χ1v) is 9.23.